The van der Waals surface area contributed by atoms with Crippen molar-refractivity contribution >= 4 is 11.7 Å². The molecular formula is C14H20N2O3. The third-order valence-corrected chi connectivity index (χ3v) is 3.52. The van der Waals surface area contributed by atoms with Gasteiger partial charge in [0.05, 0.1) is 25.6 Å². The Bertz CT molecular complexity index is 439. The van der Waals surface area contributed by atoms with Crippen LogP contribution in [0, 0.1) is 5.21 Å². The van der Waals surface area contributed by atoms with Crippen molar-refractivity contribution in [2.45, 2.75) is 19.8 Å². The van der Waals surface area contributed by atoms with Crippen LogP contribution in [0.5, 0.6) is 0 Å². The van der Waals surface area contributed by atoms with Crippen LogP contribution < -0.4 is 9.96 Å². The maximum atomic E-state index is 12.4. The molecule has 104 valence electrons. The van der Waals surface area contributed by atoms with Crippen LogP contribution in [0.2, 0.25) is 0 Å². The normalized spacial score (nSPS) is 24.2. The van der Waals surface area contributed by atoms with Crippen LogP contribution in [0.3, 0.4) is 0 Å². The Kier molecular flexibility index (Phi) is 4.19. The summed E-state index contributed by atoms with van der Waals surface area (Å²) in [4.78, 5) is 11.6. The van der Waals surface area contributed by atoms with Crippen LogP contribution in [0.1, 0.15) is 25.3 Å². The lowest BCUT2D eigenvalue weighted by molar-refractivity contribution is -0.144. The monoisotopic (exact) mass is 264 g/mol. The Hall–Kier alpha value is -1.43. The van der Waals surface area contributed by atoms with Gasteiger partial charge in [0, 0.05) is 0 Å². The molecule has 1 aliphatic rings. The standard InChI is InChI=1S/C14H20N2O3/c1-3-19-14(17)11(2)12-4-6-13(7-5-12)16(18)9-8-15-10-16/h4-7,11,15H,3,8-10H2,1-2H3. The third kappa shape index (κ3) is 2.94. The average Bonchev–Trinajstić information content (AvgIpc) is 2.86. The number of quaternary nitrogens is 1. The third-order valence-electron chi connectivity index (χ3n) is 3.52. The van der Waals surface area contributed by atoms with Crippen molar-refractivity contribution in [3.8, 4) is 0 Å². The Morgan fingerprint density at radius 2 is 2.16 bits per heavy atom. The summed E-state index contributed by atoms with van der Waals surface area (Å²) in [5.41, 5.74) is 1.60. The SMILES string of the molecule is CCOC(=O)C(C)c1ccc([N+]2([O-])CCNC2)cc1. The zero-order chi connectivity index (χ0) is 13.9. The number of carbonyl (C=O) groups is 1. The van der Waals surface area contributed by atoms with Gasteiger partial charge in [-0.25, -0.2) is 0 Å². The minimum Gasteiger partial charge on any atom is -0.626 e. The van der Waals surface area contributed by atoms with E-state index < -0.39 is 0 Å². The lowest BCUT2D eigenvalue weighted by atomic mass is 10.0. The predicted molar refractivity (Wildman–Crippen MR) is 74.4 cm³/mol. The number of ether oxygens (including phenoxy) is 1. The van der Waals surface area contributed by atoms with Gasteiger partial charge in [0.15, 0.2) is 0 Å². The highest BCUT2D eigenvalue weighted by Crippen LogP contribution is 2.26. The number of esters is 1. The molecule has 2 unspecified atom stereocenters. The first kappa shape index (κ1) is 14.0. The summed E-state index contributed by atoms with van der Waals surface area (Å²) in [7, 11) is 0. The number of hydrogen-bond acceptors (Lipinski definition) is 4. The highest BCUT2D eigenvalue weighted by molar-refractivity contribution is 5.77. The van der Waals surface area contributed by atoms with Gasteiger partial charge in [-0.1, -0.05) is 12.1 Å². The molecule has 0 aliphatic carbocycles. The summed E-state index contributed by atoms with van der Waals surface area (Å²) in [6.45, 7) is 5.68. The van der Waals surface area contributed by atoms with E-state index in [1.54, 1.807) is 6.92 Å². The topological polar surface area (TPSA) is 61.4 Å². The fourth-order valence-electron chi connectivity index (χ4n) is 2.26. The summed E-state index contributed by atoms with van der Waals surface area (Å²) >= 11 is 0. The Morgan fingerprint density at radius 1 is 1.47 bits per heavy atom. The lowest BCUT2D eigenvalue weighted by Gasteiger charge is -2.36. The van der Waals surface area contributed by atoms with Gasteiger partial charge in [-0.2, -0.15) is 0 Å². The molecule has 1 N–H and O–H groups in total. The first-order valence-corrected chi connectivity index (χ1v) is 6.63. The second-order valence-corrected chi connectivity index (χ2v) is 4.84. The fraction of sp³-hybridized carbons (Fsp3) is 0.500. The van der Waals surface area contributed by atoms with Crippen LogP contribution in [-0.2, 0) is 9.53 Å². The van der Waals surface area contributed by atoms with Crippen molar-refractivity contribution in [2.75, 3.05) is 26.4 Å². The summed E-state index contributed by atoms with van der Waals surface area (Å²) in [6, 6.07) is 7.30. The minimum absolute atomic E-state index is 0.232. The molecule has 5 nitrogen and oxygen atoms in total. The van der Waals surface area contributed by atoms with Crippen molar-refractivity contribution in [1.29, 1.82) is 0 Å². The molecule has 0 radical (unpaired) electrons. The van der Waals surface area contributed by atoms with Gasteiger partial charge in [-0.05, 0) is 31.5 Å². The van der Waals surface area contributed by atoms with Crippen molar-refractivity contribution in [2.24, 2.45) is 0 Å². The molecule has 0 spiro atoms. The summed E-state index contributed by atoms with van der Waals surface area (Å²) in [5, 5.41) is 15.5. The maximum Gasteiger partial charge on any atom is 0.313 e. The molecule has 19 heavy (non-hydrogen) atoms. The average molecular weight is 264 g/mol. The van der Waals surface area contributed by atoms with Crippen LogP contribution in [-0.4, -0.2) is 32.3 Å². The second-order valence-electron chi connectivity index (χ2n) is 4.84. The van der Waals surface area contributed by atoms with E-state index in [0.717, 1.165) is 17.8 Å². The number of hydrogen-bond donors (Lipinski definition) is 1. The van der Waals surface area contributed by atoms with E-state index in [2.05, 4.69) is 5.32 Å². The molecule has 1 aromatic carbocycles. The van der Waals surface area contributed by atoms with Gasteiger partial charge in [-0.3, -0.25) is 10.1 Å². The smallest absolute Gasteiger partial charge is 0.313 e. The van der Waals surface area contributed by atoms with E-state index in [1.807, 2.05) is 31.2 Å². The van der Waals surface area contributed by atoms with Gasteiger partial charge in [-0.15, -0.1) is 0 Å². The molecule has 0 bridgehead atoms. The molecule has 0 saturated carbocycles. The van der Waals surface area contributed by atoms with E-state index >= 15 is 0 Å². The number of hydroxylamine groups is 2. The first-order valence-electron chi connectivity index (χ1n) is 6.63. The van der Waals surface area contributed by atoms with Gasteiger partial charge >= 0.3 is 5.97 Å². The molecule has 1 aromatic rings. The summed E-state index contributed by atoms with van der Waals surface area (Å²) in [5.74, 6) is -0.532. The largest absolute Gasteiger partial charge is 0.626 e. The number of nitrogens with zero attached hydrogens (tertiary/aromatic N) is 1. The number of benzene rings is 1. The quantitative estimate of drug-likeness (QED) is 0.511. The van der Waals surface area contributed by atoms with Crippen LogP contribution in [0.4, 0.5) is 5.69 Å². The summed E-state index contributed by atoms with van der Waals surface area (Å²) in [6.07, 6.45) is 0. The second kappa shape index (κ2) is 5.69. The van der Waals surface area contributed by atoms with E-state index in [0.29, 0.717) is 19.8 Å². The Morgan fingerprint density at radius 3 is 2.68 bits per heavy atom. The number of carbonyl (C=O) groups excluding carboxylic acids is 1. The lowest BCUT2D eigenvalue weighted by Crippen LogP contribution is -2.41. The van der Waals surface area contributed by atoms with E-state index in [4.69, 9.17) is 4.74 Å². The minimum atomic E-state index is -0.339. The Labute approximate surface area is 113 Å². The number of nitrogens with one attached hydrogen (secondary N) is 1. The van der Waals surface area contributed by atoms with Crippen LogP contribution in [0.25, 0.3) is 0 Å². The maximum absolute atomic E-state index is 12.4. The Balaban J connectivity index is 2.12. The molecule has 1 aliphatic heterocycles. The molecular weight excluding hydrogens is 244 g/mol. The van der Waals surface area contributed by atoms with E-state index in [1.165, 1.54) is 0 Å². The summed E-state index contributed by atoms with van der Waals surface area (Å²) < 4.78 is 4.65. The van der Waals surface area contributed by atoms with Crippen molar-refractivity contribution in [1.82, 2.24) is 9.96 Å². The molecule has 1 fully saturated rings. The van der Waals surface area contributed by atoms with Crippen LogP contribution >= 0.6 is 0 Å². The molecule has 1 heterocycles. The van der Waals surface area contributed by atoms with Gasteiger partial charge < -0.3 is 14.6 Å². The van der Waals surface area contributed by atoms with Gasteiger partial charge in [0.25, 0.3) is 0 Å². The van der Waals surface area contributed by atoms with Gasteiger partial charge in [0.1, 0.15) is 12.4 Å². The zero-order valence-electron chi connectivity index (χ0n) is 11.4. The van der Waals surface area contributed by atoms with Crippen LogP contribution in [0.15, 0.2) is 24.3 Å². The van der Waals surface area contributed by atoms with Crippen molar-refractivity contribution in [3.05, 3.63) is 35.0 Å². The predicted octanol–water partition coefficient (Wildman–Crippen LogP) is 1.72. The van der Waals surface area contributed by atoms with E-state index in [-0.39, 0.29) is 16.5 Å². The first-order chi connectivity index (χ1) is 9.07. The van der Waals surface area contributed by atoms with Gasteiger partial charge in [0.2, 0.25) is 0 Å². The molecule has 0 amide bonds. The highest BCUT2D eigenvalue weighted by atomic mass is 16.6. The molecule has 2 rings (SSSR count). The molecule has 0 aromatic heterocycles. The molecule has 2 atom stereocenters. The van der Waals surface area contributed by atoms with E-state index in [9.17, 15) is 10.0 Å². The highest BCUT2D eigenvalue weighted by Gasteiger charge is 2.25. The van der Waals surface area contributed by atoms with Crippen molar-refractivity contribution < 1.29 is 9.53 Å². The van der Waals surface area contributed by atoms with Crippen molar-refractivity contribution in [3.63, 3.8) is 0 Å². The molecule has 5 heteroatoms. The zero-order valence-corrected chi connectivity index (χ0v) is 11.4. The molecule has 1 saturated heterocycles. The number of rotatable bonds is 4. The fourth-order valence-corrected chi connectivity index (χ4v) is 2.26.